The molecule has 1 aliphatic carbocycles. The molecule has 1 aliphatic heterocycles. The van der Waals surface area contributed by atoms with Crippen LogP contribution in [0.15, 0.2) is 24.3 Å². The molecule has 0 aromatic heterocycles. The first kappa shape index (κ1) is 16.4. The third kappa shape index (κ3) is 3.72. The van der Waals surface area contributed by atoms with Crippen molar-refractivity contribution in [1.29, 1.82) is 0 Å². The molecule has 1 aromatic rings. The quantitative estimate of drug-likeness (QED) is 0.927. The number of halogens is 1. The van der Waals surface area contributed by atoms with Crippen molar-refractivity contribution in [2.45, 2.75) is 37.6 Å². The monoisotopic (exact) mass is 320 g/mol. The molecule has 1 saturated carbocycles. The number of hydrogen-bond donors (Lipinski definition) is 1. The molecule has 23 heavy (non-hydrogen) atoms. The van der Waals surface area contributed by atoms with Crippen LogP contribution < -0.4 is 5.32 Å². The summed E-state index contributed by atoms with van der Waals surface area (Å²) in [7, 11) is 0. The van der Waals surface area contributed by atoms with Crippen LogP contribution in [0.1, 0.15) is 42.5 Å². The highest BCUT2D eigenvalue weighted by atomic mass is 19.1. The summed E-state index contributed by atoms with van der Waals surface area (Å²) in [6.07, 6.45) is 5.81. The maximum absolute atomic E-state index is 13.8. The van der Waals surface area contributed by atoms with Crippen molar-refractivity contribution in [2.24, 2.45) is 0 Å². The van der Waals surface area contributed by atoms with E-state index in [1.807, 2.05) is 0 Å². The second kappa shape index (κ2) is 7.41. The molecule has 0 radical (unpaired) electrons. The zero-order valence-electron chi connectivity index (χ0n) is 13.5. The molecule has 1 N–H and O–H groups in total. The lowest BCUT2D eigenvalue weighted by molar-refractivity contribution is -0.0361. The van der Waals surface area contributed by atoms with Crippen LogP contribution in [0.5, 0.6) is 0 Å². The largest absolute Gasteiger partial charge is 0.379 e. The Morgan fingerprint density at radius 3 is 2.57 bits per heavy atom. The molecule has 0 atom stereocenters. The Morgan fingerprint density at radius 1 is 1.17 bits per heavy atom. The molecule has 1 saturated heterocycles. The minimum Gasteiger partial charge on any atom is -0.379 e. The second-order valence-corrected chi connectivity index (χ2v) is 6.55. The fourth-order valence-electron chi connectivity index (χ4n) is 3.84. The minimum absolute atomic E-state index is 0.00292. The molecule has 1 aromatic carbocycles. The summed E-state index contributed by atoms with van der Waals surface area (Å²) in [6, 6.07) is 6.15. The molecule has 5 heteroatoms. The number of carbonyl (C=O) groups is 1. The number of amides is 1. The van der Waals surface area contributed by atoms with Crippen molar-refractivity contribution in [3.05, 3.63) is 35.6 Å². The van der Waals surface area contributed by atoms with E-state index in [1.54, 1.807) is 12.1 Å². The molecular weight excluding hydrogens is 295 g/mol. The van der Waals surface area contributed by atoms with Gasteiger partial charge in [-0.15, -0.1) is 0 Å². The van der Waals surface area contributed by atoms with Crippen LogP contribution in [0.4, 0.5) is 4.39 Å². The van der Waals surface area contributed by atoms with E-state index in [2.05, 4.69) is 10.2 Å². The summed E-state index contributed by atoms with van der Waals surface area (Å²) in [4.78, 5) is 14.8. The summed E-state index contributed by atoms with van der Waals surface area (Å²) in [6.45, 7) is 3.91. The summed E-state index contributed by atoms with van der Waals surface area (Å²) in [5, 5.41) is 2.99. The molecule has 1 amide bonds. The maximum atomic E-state index is 13.8. The first-order valence-corrected chi connectivity index (χ1v) is 8.57. The Balaban J connectivity index is 1.69. The van der Waals surface area contributed by atoms with Gasteiger partial charge in [0.15, 0.2) is 0 Å². The first-order valence-electron chi connectivity index (χ1n) is 8.57. The van der Waals surface area contributed by atoms with Crippen LogP contribution in [0.25, 0.3) is 0 Å². The zero-order chi connectivity index (χ0) is 16.1. The zero-order valence-corrected chi connectivity index (χ0v) is 13.5. The highest BCUT2D eigenvalue weighted by molar-refractivity contribution is 5.94. The van der Waals surface area contributed by atoms with E-state index in [0.717, 1.165) is 39.1 Å². The molecule has 0 bridgehead atoms. The Hall–Kier alpha value is -1.46. The SMILES string of the molecule is O=C(NCC1(N2CCOCC2)CCCCC1)c1ccccc1F. The van der Waals surface area contributed by atoms with Gasteiger partial charge >= 0.3 is 0 Å². The number of nitrogens with zero attached hydrogens (tertiary/aromatic N) is 1. The molecular formula is C18H25FN2O2. The molecule has 2 fully saturated rings. The van der Waals surface area contributed by atoms with Gasteiger partial charge in [-0.05, 0) is 25.0 Å². The maximum Gasteiger partial charge on any atom is 0.254 e. The topological polar surface area (TPSA) is 41.6 Å². The number of hydrogen-bond acceptors (Lipinski definition) is 3. The fourth-order valence-corrected chi connectivity index (χ4v) is 3.84. The van der Waals surface area contributed by atoms with Crippen LogP contribution in [0, 0.1) is 5.82 Å². The smallest absolute Gasteiger partial charge is 0.254 e. The Kier molecular flexibility index (Phi) is 5.28. The van der Waals surface area contributed by atoms with Crippen LogP contribution in [-0.2, 0) is 4.74 Å². The summed E-state index contributed by atoms with van der Waals surface area (Å²) in [5.41, 5.74) is 0.128. The van der Waals surface area contributed by atoms with Gasteiger partial charge < -0.3 is 10.1 Å². The van der Waals surface area contributed by atoms with Gasteiger partial charge in [0.25, 0.3) is 5.91 Å². The van der Waals surface area contributed by atoms with Crippen molar-refractivity contribution < 1.29 is 13.9 Å². The van der Waals surface area contributed by atoms with Crippen LogP contribution in [0.3, 0.4) is 0 Å². The molecule has 1 heterocycles. The highest BCUT2D eigenvalue weighted by Crippen LogP contribution is 2.34. The van der Waals surface area contributed by atoms with Crippen LogP contribution >= 0.6 is 0 Å². The van der Waals surface area contributed by atoms with E-state index in [1.165, 1.54) is 31.4 Å². The van der Waals surface area contributed by atoms with E-state index in [9.17, 15) is 9.18 Å². The van der Waals surface area contributed by atoms with Gasteiger partial charge in [-0.3, -0.25) is 9.69 Å². The van der Waals surface area contributed by atoms with E-state index in [4.69, 9.17) is 4.74 Å². The minimum atomic E-state index is -0.464. The van der Waals surface area contributed by atoms with Crippen molar-refractivity contribution in [1.82, 2.24) is 10.2 Å². The number of carbonyl (C=O) groups excluding carboxylic acids is 1. The van der Waals surface area contributed by atoms with Gasteiger partial charge in [-0.2, -0.15) is 0 Å². The van der Waals surface area contributed by atoms with Crippen LogP contribution in [0.2, 0.25) is 0 Å². The van der Waals surface area contributed by atoms with Gasteiger partial charge in [0.2, 0.25) is 0 Å². The Morgan fingerprint density at radius 2 is 1.87 bits per heavy atom. The average Bonchev–Trinajstić information content (AvgIpc) is 2.62. The predicted molar refractivity (Wildman–Crippen MR) is 86.9 cm³/mol. The number of morpholine rings is 1. The molecule has 4 nitrogen and oxygen atoms in total. The van der Waals surface area contributed by atoms with Gasteiger partial charge in [0.1, 0.15) is 5.82 Å². The van der Waals surface area contributed by atoms with Crippen molar-refractivity contribution in [3.63, 3.8) is 0 Å². The van der Waals surface area contributed by atoms with E-state index in [-0.39, 0.29) is 17.0 Å². The lowest BCUT2D eigenvalue weighted by Gasteiger charge is -2.48. The number of rotatable bonds is 4. The van der Waals surface area contributed by atoms with Gasteiger partial charge in [-0.25, -0.2) is 4.39 Å². The third-order valence-electron chi connectivity index (χ3n) is 5.16. The number of benzene rings is 1. The standard InChI is InChI=1S/C18H25FN2O2/c19-16-7-3-2-6-15(16)17(22)20-14-18(8-4-1-5-9-18)21-10-12-23-13-11-21/h2-3,6-7H,1,4-5,8-14H2,(H,20,22). The van der Waals surface area contributed by atoms with E-state index < -0.39 is 5.82 Å². The lowest BCUT2D eigenvalue weighted by Crippen LogP contribution is -2.59. The fraction of sp³-hybridized carbons (Fsp3) is 0.611. The van der Waals surface area contributed by atoms with E-state index >= 15 is 0 Å². The van der Waals surface area contributed by atoms with Gasteiger partial charge in [0.05, 0.1) is 18.8 Å². The summed E-state index contributed by atoms with van der Waals surface area (Å²) < 4.78 is 19.2. The summed E-state index contributed by atoms with van der Waals surface area (Å²) in [5.74, 6) is -0.782. The predicted octanol–water partition coefficient (Wildman–Crippen LogP) is 2.59. The van der Waals surface area contributed by atoms with Crippen LogP contribution in [-0.4, -0.2) is 49.2 Å². The Labute approximate surface area is 137 Å². The number of ether oxygens (including phenoxy) is 1. The van der Waals surface area contributed by atoms with Gasteiger partial charge in [0, 0.05) is 25.2 Å². The molecule has 126 valence electrons. The summed E-state index contributed by atoms with van der Waals surface area (Å²) >= 11 is 0. The van der Waals surface area contributed by atoms with Crippen molar-refractivity contribution in [3.8, 4) is 0 Å². The Bertz CT molecular complexity index is 538. The van der Waals surface area contributed by atoms with Gasteiger partial charge in [-0.1, -0.05) is 31.4 Å². The molecule has 0 unspecified atom stereocenters. The number of nitrogens with one attached hydrogen (secondary N) is 1. The van der Waals surface area contributed by atoms with Crippen molar-refractivity contribution >= 4 is 5.91 Å². The molecule has 0 spiro atoms. The molecule has 3 rings (SSSR count). The average molecular weight is 320 g/mol. The second-order valence-electron chi connectivity index (χ2n) is 6.55. The van der Waals surface area contributed by atoms with E-state index in [0.29, 0.717) is 6.54 Å². The lowest BCUT2D eigenvalue weighted by atomic mass is 9.79. The van der Waals surface area contributed by atoms with Crippen molar-refractivity contribution in [2.75, 3.05) is 32.8 Å². The first-order chi connectivity index (χ1) is 11.2. The highest BCUT2D eigenvalue weighted by Gasteiger charge is 2.38. The normalized spacial score (nSPS) is 21.8. The third-order valence-corrected chi connectivity index (χ3v) is 5.16. The molecule has 2 aliphatic rings.